The number of nitrogens with zero attached hydrogens (tertiary/aromatic N) is 4. The van der Waals surface area contributed by atoms with Crippen LogP contribution in [0.2, 0.25) is 0 Å². The van der Waals surface area contributed by atoms with Crippen LogP contribution >= 0.6 is 0 Å². The fraction of sp³-hybridized carbons (Fsp3) is 0.438. The minimum absolute atomic E-state index is 0.386. The molecule has 0 spiro atoms. The number of nitrogens with one attached hydrogen (secondary N) is 2. The zero-order valence-electron chi connectivity index (χ0n) is 25.3. The van der Waals surface area contributed by atoms with Crippen molar-refractivity contribution in [3.63, 3.8) is 0 Å². The van der Waals surface area contributed by atoms with Crippen LogP contribution in [-0.2, 0) is 0 Å². The third-order valence-electron chi connectivity index (χ3n) is 7.31. The second-order valence-corrected chi connectivity index (χ2v) is 11.9. The molecule has 2 N–H and O–H groups in total. The Balaban J connectivity index is 1.37. The molecule has 1 aromatic heterocycles. The smallest absolute Gasteiger partial charge is 0.413 e. The molecule has 3 aromatic rings. The molecule has 0 saturated carbocycles. The quantitative estimate of drug-likeness (QED) is 0.343. The Hall–Kier alpha value is -4.18. The van der Waals surface area contributed by atoms with E-state index in [0.717, 1.165) is 74.9 Å². The van der Waals surface area contributed by atoms with Crippen molar-refractivity contribution in [2.45, 2.75) is 39.2 Å². The first-order valence-corrected chi connectivity index (χ1v) is 14.6. The van der Waals surface area contributed by atoms with Crippen LogP contribution in [0.25, 0.3) is 0 Å². The highest BCUT2D eigenvalue weighted by atomic mass is 16.6. The molecule has 5 rings (SSSR count). The van der Waals surface area contributed by atoms with Gasteiger partial charge in [0.25, 0.3) is 0 Å². The second-order valence-electron chi connectivity index (χ2n) is 11.9. The number of rotatable bonds is 8. The Morgan fingerprint density at radius 1 is 0.881 bits per heavy atom. The lowest BCUT2D eigenvalue weighted by Crippen LogP contribution is -2.44. The summed E-state index contributed by atoms with van der Waals surface area (Å²) in [7, 11) is 3.84. The molecule has 2 saturated heterocycles. The fourth-order valence-electron chi connectivity index (χ4n) is 5.11. The van der Waals surface area contributed by atoms with Crippen LogP contribution < -0.4 is 34.6 Å². The molecule has 2 aliphatic rings. The van der Waals surface area contributed by atoms with E-state index >= 15 is 0 Å². The van der Waals surface area contributed by atoms with Gasteiger partial charge in [-0.25, -0.2) is 4.79 Å². The van der Waals surface area contributed by atoms with E-state index in [4.69, 9.17) is 19.2 Å². The topological polar surface area (TPSA) is 91.4 Å². The van der Waals surface area contributed by atoms with Crippen LogP contribution in [0.5, 0.6) is 23.1 Å². The molecule has 10 heteroatoms. The highest BCUT2D eigenvalue weighted by molar-refractivity contribution is 5.72. The summed E-state index contributed by atoms with van der Waals surface area (Å²) in [6, 6.07) is 17.3. The summed E-state index contributed by atoms with van der Waals surface area (Å²) in [4.78, 5) is 24.2. The van der Waals surface area contributed by atoms with Crippen molar-refractivity contribution < 1.29 is 19.0 Å². The number of pyridine rings is 1. The minimum atomic E-state index is -0.519. The van der Waals surface area contributed by atoms with E-state index in [2.05, 4.69) is 44.5 Å². The van der Waals surface area contributed by atoms with Gasteiger partial charge in [0.1, 0.15) is 28.8 Å². The van der Waals surface area contributed by atoms with E-state index < -0.39 is 11.6 Å². The number of hydrogen-bond donors (Lipinski definition) is 2. The Morgan fingerprint density at radius 3 is 2.33 bits per heavy atom. The first kappa shape index (κ1) is 29.3. The first-order valence-electron chi connectivity index (χ1n) is 14.6. The van der Waals surface area contributed by atoms with Gasteiger partial charge in [-0.05, 0) is 77.1 Å². The van der Waals surface area contributed by atoms with E-state index in [1.807, 2.05) is 45.0 Å². The van der Waals surface area contributed by atoms with Gasteiger partial charge in [0.2, 0.25) is 5.88 Å². The molecule has 2 fully saturated rings. The standard InChI is InChI=1S/C32H42N6O4/c1-32(2,3)35-31(39)42-25-10-8-9-24(22-25)41-30-27(38-15-6-7-16-38)13-14-29(34-30)33-26-12-11-23(21-28(26)40-5)37-19-17-36(4)18-20-37/h8-14,21-22H,6-7,15-20H2,1-5H3,(H,33,34)(H,35,39). The number of anilines is 4. The summed E-state index contributed by atoms with van der Waals surface area (Å²) >= 11 is 0. The predicted molar refractivity (Wildman–Crippen MR) is 167 cm³/mol. The zero-order valence-corrected chi connectivity index (χ0v) is 25.3. The van der Waals surface area contributed by atoms with Crippen molar-refractivity contribution in [3.8, 4) is 23.1 Å². The zero-order chi connectivity index (χ0) is 29.7. The summed E-state index contributed by atoms with van der Waals surface area (Å²) in [5.74, 6) is 2.77. The lowest BCUT2D eigenvalue weighted by atomic mass is 10.1. The van der Waals surface area contributed by atoms with Crippen LogP contribution in [0.3, 0.4) is 0 Å². The molecule has 0 unspecified atom stereocenters. The van der Waals surface area contributed by atoms with Crippen LogP contribution in [0.4, 0.5) is 27.7 Å². The highest BCUT2D eigenvalue weighted by Gasteiger charge is 2.21. The normalized spacial score (nSPS) is 15.8. The molecule has 10 nitrogen and oxygen atoms in total. The number of hydrogen-bond acceptors (Lipinski definition) is 9. The molecule has 224 valence electrons. The van der Waals surface area contributed by atoms with Crippen LogP contribution in [0, 0.1) is 0 Å². The summed E-state index contributed by atoms with van der Waals surface area (Å²) in [5, 5.41) is 6.23. The summed E-state index contributed by atoms with van der Waals surface area (Å²) < 4.78 is 17.6. The van der Waals surface area contributed by atoms with Crippen molar-refractivity contribution in [3.05, 3.63) is 54.6 Å². The molecule has 2 aromatic carbocycles. The van der Waals surface area contributed by atoms with Gasteiger partial charge < -0.3 is 39.5 Å². The number of likely N-dealkylation sites (N-methyl/N-ethyl adjacent to an activating group) is 1. The van der Waals surface area contributed by atoms with Crippen LogP contribution in [0.15, 0.2) is 54.6 Å². The summed E-state index contributed by atoms with van der Waals surface area (Å²) in [6.07, 6.45) is 1.74. The van der Waals surface area contributed by atoms with Gasteiger partial charge in [-0.2, -0.15) is 4.98 Å². The maximum absolute atomic E-state index is 12.3. The maximum atomic E-state index is 12.3. The molecule has 0 bridgehead atoms. The largest absolute Gasteiger partial charge is 0.494 e. The molecule has 3 heterocycles. The lowest BCUT2D eigenvalue weighted by molar-refractivity contribution is 0.190. The van der Waals surface area contributed by atoms with Gasteiger partial charge in [0.15, 0.2) is 0 Å². The van der Waals surface area contributed by atoms with E-state index in [9.17, 15) is 4.79 Å². The maximum Gasteiger partial charge on any atom is 0.413 e. The number of aromatic nitrogens is 1. The van der Waals surface area contributed by atoms with Crippen molar-refractivity contribution in [1.29, 1.82) is 0 Å². The number of piperazine rings is 1. The second kappa shape index (κ2) is 12.8. The highest BCUT2D eigenvalue weighted by Crippen LogP contribution is 2.37. The number of methoxy groups -OCH3 is 1. The number of ether oxygens (including phenoxy) is 3. The molecule has 0 aliphatic carbocycles. The fourth-order valence-corrected chi connectivity index (χ4v) is 5.11. The minimum Gasteiger partial charge on any atom is -0.494 e. The average Bonchev–Trinajstić information content (AvgIpc) is 3.48. The Kier molecular flexibility index (Phi) is 8.91. The molecule has 1 amide bonds. The number of amides is 1. The van der Waals surface area contributed by atoms with Gasteiger partial charge in [-0.1, -0.05) is 6.07 Å². The molecule has 0 radical (unpaired) electrons. The van der Waals surface area contributed by atoms with Crippen LogP contribution in [-0.4, -0.2) is 74.9 Å². The molecule has 2 aliphatic heterocycles. The number of carbonyl (C=O) groups is 1. The Labute approximate surface area is 248 Å². The third kappa shape index (κ3) is 7.55. The van der Waals surface area contributed by atoms with Gasteiger partial charge in [0.05, 0.1) is 12.8 Å². The number of carbonyl (C=O) groups excluding carboxylic acids is 1. The molecule has 0 atom stereocenters. The lowest BCUT2D eigenvalue weighted by Gasteiger charge is -2.34. The van der Waals surface area contributed by atoms with E-state index in [1.165, 1.54) is 0 Å². The van der Waals surface area contributed by atoms with E-state index in [1.54, 1.807) is 25.3 Å². The first-order chi connectivity index (χ1) is 20.2. The van der Waals surface area contributed by atoms with Gasteiger partial charge in [-0.15, -0.1) is 0 Å². The van der Waals surface area contributed by atoms with Crippen molar-refractivity contribution in [2.75, 3.05) is 68.5 Å². The van der Waals surface area contributed by atoms with Crippen molar-refractivity contribution in [1.82, 2.24) is 15.2 Å². The molecular formula is C32H42N6O4. The molecule has 42 heavy (non-hydrogen) atoms. The Morgan fingerprint density at radius 2 is 1.62 bits per heavy atom. The van der Waals surface area contributed by atoms with Gasteiger partial charge in [0, 0.05) is 62.6 Å². The van der Waals surface area contributed by atoms with E-state index in [-0.39, 0.29) is 0 Å². The molecular weight excluding hydrogens is 532 g/mol. The summed E-state index contributed by atoms with van der Waals surface area (Å²) in [6.45, 7) is 11.6. The van der Waals surface area contributed by atoms with Gasteiger partial charge >= 0.3 is 6.09 Å². The van der Waals surface area contributed by atoms with Crippen molar-refractivity contribution in [2.24, 2.45) is 0 Å². The van der Waals surface area contributed by atoms with E-state index in [0.29, 0.717) is 23.2 Å². The SMILES string of the molecule is COc1cc(N2CCN(C)CC2)ccc1Nc1ccc(N2CCCC2)c(Oc2cccc(OC(=O)NC(C)(C)C)c2)n1. The average molecular weight is 575 g/mol. The summed E-state index contributed by atoms with van der Waals surface area (Å²) in [5.41, 5.74) is 2.49. The third-order valence-corrected chi connectivity index (χ3v) is 7.31. The van der Waals surface area contributed by atoms with Gasteiger partial charge in [-0.3, -0.25) is 0 Å². The van der Waals surface area contributed by atoms with Crippen LogP contribution in [0.1, 0.15) is 33.6 Å². The Bertz CT molecular complexity index is 1380. The van der Waals surface area contributed by atoms with Crippen molar-refractivity contribution >= 4 is 29.0 Å². The predicted octanol–water partition coefficient (Wildman–Crippen LogP) is 5.87. The number of benzene rings is 2. The monoisotopic (exact) mass is 574 g/mol.